The lowest BCUT2D eigenvalue weighted by atomic mass is 10.1. The average Bonchev–Trinajstić information content (AvgIpc) is 2.61. The zero-order valence-electron chi connectivity index (χ0n) is 13.7. The van der Waals surface area contributed by atoms with E-state index in [9.17, 15) is 28.1 Å². The number of anilines is 1. The summed E-state index contributed by atoms with van der Waals surface area (Å²) in [5.74, 6) is -3.75. The molecule has 0 unspecified atom stereocenters. The van der Waals surface area contributed by atoms with E-state index in [4.69, 9.17) is 21.8 Å². The predicted molar refractivity (Wildman–Crippen MR) is 98.0 cm³/mol. The Balaban J connectivity index is 2.34. The van der Waals surface area contributed by atoms with Gasteiger partial charge in [-0.3, -0.25) is 19.6 Å². The van der Waals surface area contributed by atoms with Crippen LogP contribution in [0.15, 0.2) is 59.2 Å². The molecule has 0 aromatic heterocycles. The van der Waals surface area contributed by atoms with Crippen LogP contribution in [-0.2, 0) is 14.8 Å². The molecule has 0 aliphatic carbocycles. The van der Waals surface area contributed by atoms with Crippen LogP contribution in [0.2, 0.25) is 5.02 Å². The van der Waals surface area contributed by atoms with E-state index in [2.05, 4.69) is 4.72 Å². The van der Waals surface area contributed by atoms with E-state index in [1.54, 1.807) is 0 Å². The quantitative estimate of drug-likeness (QED) is 0.200. The monoisotopic (exact) mass is 426 g/mol. The molecule has 10 nitrogen and oxygen atoms in total. The molecule has 2 rings (SSSR count). The smallest absolute Gasteiger partial charge is 0.371 e. The lowest BCUT2D eigenvalue weighted by Gasteiger charge is -2.09. The summed E-state index contributed by atoms with van der Waals surface area (Å²) in [6.07, 6.45) is 0.471. The zero-order chi connectivity index (χ0) is 21.1. The van der Waals surface area contributed by atoms with Gasteiger partial charge in [-0.2, -0.15) is 0 Å². The summed E-state index contributed by atoms with van der Waals surface area (Å²) in [6.45, 7) is 0. The number of carbonyl (C=O) groups excluding carboxylic acids is 1. The molecule has 0 bridgehead atoms. The topological polar surface area (TPSA) is 164 Å². The normalized spacial score (nSPS) is 11.7. The van der Waals surface area contributed by atoms with E-state index in [1.165, 1.54) is 18.2 Å². The molecule has 0 amide bonds. The third-order valence-corrected chi connectivity index (χ3v) is 5.01. The van der Waals surface area contributed by atoms with Crippen molar-refractivity contribution in [3.63, 3.8) is 0 Å². The Morgan fingerprint density at radius 1 is 1.14 bits per heavy atom. The van der Waals surface area contributed by atoms with Gasteiger partial charge in [0.1, 0.15) is 5.02 Å². The number of nitrogens with one attached hydrogen (secondary N) is 1. The van der Waals surface area contributed by atoms with E-state index in [1.807, 2.05) is 0 Å². The Labute approximate surface area is 162 Å². The van der Waals surface area contributed by atoms with Crippen molar-refractivity contribution >= 4 is 44.8 Å². The molecule has 0 atom stereocenters. The first kappa shape index (κ1) is 20.9. The number of nitro groups is 1. The molecule has 0 saturated heterocycles. The molecular formula is C16H11ClN2O8S. The fourth-order valence-corrected chi connectivity index (χ4v) is 3.27. The van der Waals surface area contributed by atoms with E-state index in [0.29, 0.717) is 6.08 Å². The molecule has 2 aromatic carbocycles. The SMILES string of the molecule is O=C(O)/C(O)=C\C(=O)c1cccc(NS(=O)(=O)c2ccc(Cl)c([N+](=O)[O-])c2)c1. The highest BCUT2D eigenvalue weighted by atomic mass is 35.5. The minimum Gasteiger partial charge on any atom is -0.502 e. The zero-order valence-corrected chi connectivity index (χ0v) is 15.3. The summed E-state index contributed by atoms with van der Waals surface area (Å²) in [7, 11) is -4.25. The van der Waals surface area contributed by atoms with Crippen LogP contribution in [0.5, 0.6) is 0 Å². The fourth-order valence-electron chi connectivity index (χ4n) is 2.02. The van der Waals surface area contributed by atoms with Crippen LogP contribution in [0.25, 0.3) is 0 Å². The summed E-state index contributed by atoms with van der Waals surface area (Å²) in [5.41, 5.74) is -0.760. The number of aliphatic hydroxyl groups is 1. The molecule has 0 radical (unpaired) electrons. The number of nitro benzene ring substituents is 1. The van der Waals surface area contributed by atoms with Crippen molar-refractivity contribution in [1.82, 2.24) is 0 Å². The van der Waals surface area contributed by atoms with Gasteiger partial charge in [0.2, 0.25) is 5.76 Å². The number of carboxylic acids is 1. The Hall–Kier alpha value is -3.44. The highest BCUT2D eigenvalue weighted by Gasteiger charge is 2.21. The summed E-state index contributed by atoms with van der Waals surface area (Å²) in [5, 5.41) is 28.4. The van der Waals surface area contributed by atoms with E-state index in [0.717, 1.165) is 24.3 Å². The van der Waals surface area contributed by atoms with Gasteiger partial charge in [0.15, 0.2) is 5.78 Å². The summed E-state index contributed by atoms with van der Waals surface area (Å²) in [6, 6.07) is 7.93. The first-order chi connectivity index (χ1) is 13.0. The molecule has 28 heavy (non-hydrogen) atoms. The number of hydrogen-bond donors (Lipinski definition) is 3. The minimum atomic E-state index is -4.25. The predicted octanol–water partition coefficient (Wildman–Crippen LogP) is 2.76. The van der Waals surface area contributed by atoms with Crippen LogP contribution >= 0.6 is 11.6 Å². The number of carbonyl (C=O) groups is 2. The Bertz CT molecular complexity index is 1110. The van der Waals surface area contributed by atoms with Crippen LogP contribution < -0.4 is 4.72 Å². The first-order valence-corrected chi connectivity index (χ1v) is 9.12. The number of hydrogen-bond acceptors (Lipinski definition) is 7. The minimum absolute atomic E-state index is 0.0633. The van der Waals surface area contributed by atoms with Crippen molar-refractivity contribution in [3.05, 3.63) is 75.0 Å². The van der Waals surface area contributed by atoms with Crippen molar-refractivity contribution in [1.29, 1.82) is 0 Å². The van der Waals surface area contributed by atoms with Gasteiger partial charge in [-0.1, -0.05) is 23.7 Å². The molecule has 0 fully saturated rings. The third kappa shape index (κ3) is 4.84. The van der Waals surface area contributed by atoms with Crippen LogP contribution in [0.1, 0.15) is 10.4 Å². The number of sulfonamides is 1. The molecule has 0 spiro atoms. The van der Waals surface area contributed by atoms with Crippen molar-refractivity contribution in [2.75, 3.05) is 4.72 Å². The largest absolute Gasteiger partial charge is 0.502 e. The van der Waals surface area contributed by atoms with Crippen molar-refractivity contribution in [2.24, 2.45) is 0 Å². The van der Waals surface area contributed by atoms with Crippen LogP contribution in [0.3, 0.4) is 0 Å². The van der Waals surface area contributed by atoms with Crippen molar-refractivity contribution in [2.45, 2.75) is 4.90 Å². The van der Waals surface area contributed by atoms with Crippen molar-refractivity contribution < 1.29 is 33.1 Å². The lowest BCUT2D eigenvalue weighted by Crippen LogP contribution is -2.13. The summed E-state index contributed by atoms with van der Waals surface area (Å²) in [4.78, 5) is 32.2. The van der Waals surface area contributed by atoms with E-state index < -0.39 is 43.0 Å². The van der Waals surface area contributed by atoms with Gasteiger partial charge in [0, 0.05) is 23.4 Å². The Morgan fingerprint density at radius 2 is 1.82 bits per heavy atom. The first-order valence-electron chi connectivity index (χ1n) is 7.26. The lowest BCUT2D eigenvalue weighted by molar-refractivity contribution is -0.384. The maximum Gasteiger partial charge on any atom is 0.371 e. The van der Waals surface area contributed by atoms with E-state index in [-0.39, 0.29) is 16.3 Å². The van der Waals surface area contributed by atoms with Gasteiger partial charge < -0.3 is 10.2 Å². The molecule has 0 saturated carbocycles. The molecule has 12 heteroatoms. The summed E-state index contributed by atoms with van der Waals surface area (Å²) >= 11 is 5.66. The number of nitrogens with zero attached hydrogens (tertiary/aromatic N) is 1. The van der Waals surface area contributed by atoms with Gasteiger partial charge in [-0.05, 0) is 24.3 Å². The van der Waals surface area contributed by atoms with E-state index >= 15 is 0 Å². The highest BCUT2D eigenvalue weighted by molar-refractivity contribution is 7.92. The Kier molecular flexibility index (Phi) is 6.01. The number of halogens is 1. The van der Waals surface area contributed by atoms with Gasteiger partial charge >= 0.3 is 5.97 Å². The number of allylic oxidation sites excluding steroid dienone is 1. The summed E-state index contributed by atoms with van der Waals surface area (Å²) < 4.78 is 27.0. The maximum absolute atomic E-state index is 12.4. The standard InChI is InChI=1S/C16H11ClN2O8S/c17-12-5-4-11(7-13(12)19(24)25)28(26,27)18-10-3-1-2-9(6-10)14(20)8-15(21)16(22)23/h1-8,18,21H,(H,22,23)/b15-8+. The average molecular weight is 427 g/mol. The molecular weight excluding hydrogens is 416 g/mol. The molecule has 3 N–H and O–H groups in total. The maximum atomic E-state index is 12.4. The van der Waals surface area contributed by atoms with Gasteiger partial charge in [0.05, 0.1) is 9.82 Å². The van der Waals surface area contributed by atoms with Crippen molar-refractivity contribution in [3.8, 4) is 0 Å². The second-order valence-electron chi connectivity index (χ2n) is 5.26. The second kappa shape index (κ2) is 8.06. The molecule has 0 aliphatic rings. The fraction of sp³-hybridized carbons (Fsp3) is 0. The third-order valence-electron chi connectivity index (χ3n) is 3.31. The van der Waals surface area contributed by atoms with Gasteiger partial charge in [-0.25, -0.2) is 13.2 Å². The highest BCUT2D eigenvalue weighted by Crippen LogP contribution is 2.28. The number of rotatable bonds is 7. The van der Waals surface area contributed by atoms with Crippen LogP contribution in [0.4, 0.5) is 11.4 Å². The van der Waals surface area contributed by atoms with Crippen LogP contribution in [0, 0.1) is 10.1 Å². The molecule has 0 aliphatic heterocycles. The second-order valence-corrected chi connectivity index (χ2v) is 7.35. The molecule has 146 valence electrons. The van der Waals surface area contributed by atoms with Gasteiger partial charge in [0.25, 0.3) is 15.7 Å². The molecule has 2 aromatic rings. The number of carboxylic acid groups (broad SMARTS) is 1. The molecule has 0 heterocycles. The number of ketones is 1. The number of aliphatic carboxylic acids is 1. The number of benzene rings is 2. The van der Waals surface area contributed by atoms with Crippen LogP contribution in [-0.4, -0.2) is 35.3 Å². The number of aliphatic hydroxyl groups excluding tert-OH is 1. The Morgan fingerprint density at radius 3 is 2.43 bits per heavy atom. The van der Waals surface area contributed by atoms with Gasteiger partial charge in [-0.15, -0.1) is 0 Å².